The smallest absolute Gasteiger partial charge is 0.217 e. The van der Waals surface area contributed by atoms with Crippen LogP contribution in [0.3, 0.4) is 0 Å². The van der Waals surface area contributed by atoms with Crippen molar-refractivity contribution < 1.29 is 0 Å². The molecule has 2 N–H and O–H groups in total. The first-order chi connectivity index (χ1) is 10.2. The molecule has 2 aromatic rings. The number of hydrogen-bond acceptors (Lipinski definition) is 3. The van der Waals surface area contributed by atoms with Crippen molar-refractivity contribution in [2.75, 3.05) is 13.6 Å². The summed E-state index contributed by atoms with van der Waals surface area (Å²) in [7, 11) is 1.80. The van der Waals surface area contributed by atoms with Crippen molar-refractivity contribution in [2.45, 2.75) is 20.3 Å². The Hall–Kier alpha value is -2.43. The lowest BCUT2D eigenvalue weighted by atomic mass is 10.1. The van der Waals surface area contributed by atoms with Gasteiger partial charge in [-0.3, -0.25) is 9.98 Å². The van der Waals surface area contributed by atoms with Gasteiger partial charge in [-0.05, 0) is 25.5 Å². The highest BCUT2D eigenvalue weighted by Crippen LogP contribution is 2.16. The zero-order valence-corrected chi connectivity index (χ0v) is 12.7. The fourth-order valence-electron chi connectivity index (χ4n) is 2.12. The summed E-state index contributed by atoms with van der Waals surface area (Å²) in [6.45, 7) is 4.68. The van der Waals surface area contributed by atoms with Gasteiger partial charge >= 0.3 is 0 Å². The van der Waals surface area contributed by atoms with Gasteiger partial charge in [-0.2, -0.15) is 5.10 Å². The number of nitrogens with two attached hydrogens (primary N) is 1. The normalized spacial score (nSPS) is 13.5. The van der Waals surface area contributed by atoms with E-state index >= 15 is 0 Å². The molecule has 0 aliphatic heterocycles. The number of aromatic nitrogens is 2. The molecule has 1 aromatic carbocycles. The predicted molar refractivity (Wildman–Crippen MR) is 89.2 cm³/mol. The summed E-state index contributed by atoms with van der Waals surface area (Å²) in [6.07, 6.45) is 6.90. The van der Waals surface area contributed by atoms with E-state index in [2.05, 4.69) is 28.1 Å². The number of fused-ring (bicyclic) bond motifs is 1. The average molecular weight is 283 g/mol. The molecule has 21 heavy (non-hydrogen) atoms. The fourth-order valence-corrected chi connectivity index (χ4v) is 2.12. The van der Waals surface area contributed by atoms with Gasteiger partial charge in [0.2, 0.25) is 5.96 Å². The van der Waals surface area contributed by atoms with Crippen LogP contribution in [0.1, 0.15) is 25.8 Å². The third-order valence-electron chi connectivity index (χ3n) is 3.16. The molecule has 0 aliphatic carbocycles. The summed E-state index contributed by atoms with van der Waals surface area (Å²) in [5.74, 6) is 0.406. The van der Waals surface area contributed by atoms with Crippen molar-refractivity contribution in [3.63, 3.8) is 0 Å². The van der Waals surface area contributed by atoms with Crippen LogP contribution in [0.2, 0.25) is 0 Å². The minimum absolute atomic E-state index is 0.406. The summed E-state index contributed by atoms with van der Waals surface area (Å²) < 4.78 is 1.67. The molecular weight excluding hydrogens is 262 g/mol. The quantitative estimate of drug-likeness (QED) is 0.692. The Morgan fingerprint density at radius 2 is 2.19 bits per heavy atom. The lowest BCUT2D eigenvalue weighted by Gasteiger charge is -2.05. The number of benzene rings is 1. The van der Waals surface area contributed by atoms with E-state index in [1.165, 1.54) is 0 Å². The third-order valence-corrected chi connectivity index (χ3v) is 3.16. The first kappa shape index (κ1) is 15.0. The van der Waals surface area contributed by atoms with Gasteiger partial charge in [0.1, 0.15) is 0 Å². The molecule has 0 saturated heterocycles. The molecule has 110 valence electrons. The molecule has 0 fully saturated rings. The highest BCUT2D eigenvalue weighted by Gasteiger charge is 2.08. The molecule has 5 nitrogen and oxygen atoms in total. The molecule has 0 radical (unpaired) electrons. The molecule has 0 atom stereocenters. The monoisotopic (exact) mass is 283 g/mol. The van der Waals surface area contributed by atoms with E-state index in [9.17, 15) is 0 Å². The number of hydrogen-bond donors (Lipinski definition) is 1. The zero-order chi connectivity index (χ0) is 15.2. The lowest BCUT2D eigenvalue weighted by Crippen LogP contribution is -2.23. The number of rotatable bonds is 4. The van der Waals surface area contributed by atoms with E-state index in [0.717, 1.165) is 28.6 Å². The molecule has 1 aromatic heterocycles. The maximum absolute atomic E-state index is 5.96. The van der Waals surface area contributed by atoms with E-state index in [1.807, 2.05) is 31.2 Å². The SMILES string of the molecule is CC/C=C\C(=NC)c1ccc2cnn(C(N)=NCC)c2c1. The maximum atomic E-state index is 5.96. The molecule has 0 aliphatic rings. The van der Waals surface area contributed by atoms with E-state index < -0.39 is 0 Å². The van der Waals surface area contributed by atoms with Crippen LogP contribution in [-0.2, 0) is 0 Å². The second kappa shape index (κ2) is 6.83. The standard InChI is InChI=1S/C16H21N5/c1-4-6-7-14(18-3)12-8-9-13-11-20-21(15(13)10-12)16(17)19-5-2/h6-11H,4-5H2,1-3H3,(H2,17,19)/b7-6-,18-14?. The topological polar surface area (TPSA) is 68.6 Å². The van der Waals surface area contributed by atoms with Crippen LogP contribution >= 0.6 is 0 Å². The molecule has 5 heteroatoms. The summed E-state index contributed by atoms with van der Waals surface area (Å²) >= 11 is 0. The Labute approximate surface area is 124 Å². The van der Waals surface area contributed by atoms with Gasteiger partial charge in [0, 0.05) is 24.5 Å². The van der Waals surface area contributed by atoms with Crippen molar-refractivity contribution in [1.82, 2.24) is 9.78 Å². The molecule has 1 heterocycles. The van der Waals surface area contributed by atoms with E-state index in [1.54, 1.807) is 17.9 Å². The molecule has 0 amide bonds. The van der Waals surface area contributed by atoms with Crippen molar-refractivity contribution in [3.8, 4) is 0 Å². The Kier molecular flexibility index (Phi) is 4.87. The molecule has 0 bridgehead atoms. The van der Waals surface area contributed by atoms with Crippen molar-refractivity contribution >= 4 is 22.6 Å². The number of nitrogens with zero attached hydrogens (tertiary/aromatic N) is 4. The van der Waals surface area contributed by atoms with Crippen molar-refractivity contribution in [3.05, 3.63) is 42.1 Å². The second-order valence-corrected chi connectivity index (χ2v) is 4.58. The zero-order valence-electron chi connectivity index (χ0n) is 12.7. The average Bonchev–Trinajstić information content (AvgIpc) is 2.91. The Balaban J connectivity index is 2.52. The third kappa shape index (κ3) is 3.18. The summed E-state index contributed by atoms with van der Waals surface area (Å²) in [5.41, 5.74) is 8.88. The van der Waals surface area contributed by atoms with E-state index in [0.29, 0.717) is 12.5 Å². The summed E-state index contributed by atoms with van der Waals surface area (Å²) in [6, 6.07) is 6.12. The van der Waals surface area contributed by atoms with Crippen molar-refractivity contribution in [1.29, 1.82) is 0 Å². The molecule has 0 saturated carbocycles. The second-order valence-electron chi connectivity index (χ2n) is 4.58. The van der Waals surface area contributed by atoms with Crippen LogP contribution < -0.4 is 5.73 Å². The van der Waals surface area contributed by atoms with Gasteiger partial charge in [0.05, 0.1) is 17.4 Å². The van der Waals surface area contributed by atoms with Crippen LogP contribution in [0.4, 0.5) is 0 Å². The van der Waals surface area contributed by atoms with Crippen LogP contribution in [0.25, 0.3) is 10.9 Å². The largest absolute Gasteiger partial charge is 0.368 e. The van der Waals surface area contributed by atoms with Gasteiger partial charge in [-0.1, -0.05) is 25.1 Å². The number of aliphatic imine (C=N–C) groups is 2. The summed E-state index contributed by atoms with van der Waals surface area (Å²) in [4.78, 5) is 8.55. The maximum Gasteiger partial charge on any atom is 0.217 e. The Morgan fingerprint density at radius 1 is 1.38 bits per heavy atom. The van der Waals surface area contributed by atoms with Gasteiger partial charge < -0.3 is 5.73 Å². The van der Waals surface area contributed by atoms with Gasteiger partial charge in [0.15, 0.2) is 0 Å². The minimum atomic E-state index is 0.406. The highest BCUT2D eigenvalue weighted by molar-refractivity contribution is 6.10. The Morgan fingerprint density at radius 3 is 2.86 bits per heavy atom. The fraction of sp³-hybridized carbons (Fsp3) is 0.312. The van der Waals surface area contributed by atoms with Crippen molar-refractivity contribution in [2.24, 2.45) is 15.7 Å². The van der Waals surface area contributed by atoms with Gasteiger partial charge in [-0.15, -0.1) is 0 Å². The molecular formula is C16H21N5. The first-order valence-corrected chi connectivity index (χ1v) is 7.13. The predicted octanol–water partition coefficient (Wildman–Crippen LogP) is 2.60. The minimum Gasteiger partial charge on any atom is -0.368 e. The van der Waals surface area contributed by atoms with Crippen LogP contribution in [0, 0.1) is 0 Å². The van der Waals surface area contributed by atoms with Crippen LogP contribution in [-0.4, -0.2) is 35.0 Å². The van der Waals surface area contributed by atoms with E-state index in [4.69, 9.17) is 5.73 Å². The van der Waals surface area contributed by atoms with Crippen LogP contribution in [0.15, 0.2) is 46.5 Å². The lowest BCUT2D eigenvalue weighted by molar-refractivity contribution is 0.930. The van der Waals surface area contributed by atoms with Gasteiger partial charge in [-0.25, -0.2) is 4.68 Å². The highest BCUT2D eigenvalue weighted by atomic mass is 15.3. The first-order valence-electron chi connectivity index (χ1n) is 7.13. The molecule has 0 spiro atoms. The Bertz CT molecular complexity index is 707. The molecule has 2 rings (SSSR count). The van der Waals surface area contributed by atoms with Crippen LogP contribution in [0.5, 0.6) is 0 Å². The van der Waals surface area contributed by atoms with Gasteiger partial charge in [0.25, 0.3) is 0 Å². The van der Waals surface area contributed by atoms with E-state index in [-0.39, 0.29) is 0 Å². The molecule has 0 unspecified atom stereocenters. The summed E-state index contributed by atoms with van der Waals surface area (Å²) in [5, 5.41) is 5.34. The number of allylic oxidation sites excluding steroid dienone is 2.